The van der Waals surface area contributed by atoms with Crippen LogP contribution in [0.25, 0.3) is 22.3 Å². The Morgan fingerprint density at radius 1 is 0.953 bits per heavy atom. The normalized spacial score (nSPS) is 11.3. The van der Waals surface area contributed by atoms with Gasteiger partial charge in [0.2, 0.25) is 5.88 Å². The lowest BCUT2D eigenvalue weighted by molar-refractivity contribution is 0.0697. The van der Waals surface area contributed by atoms with E-state index in [2.05, 4.69) is 15.0 Å². The zero-order valence-corrected chi connectivity index (χ0v) is 23.5. The van der Waals surface area contributed by atoms with E-state index in [1.165, 1.54) is 35.6 Å². The molecule has 0 saturated heterocycles. The minimum Gasteiger partial charge on any atom is -0.478 e. The first kappa shape index (κ1) is 28.1. The van der Waals surface area contributed by atoms with Crippen LogP contribution in [-0.4, -0.2) is 30.6 Å². The summed E-state index contributed by atoms with van der Waals surface area (Å²) in [5.41, 5.74) is 4.17. The lowest BCUT2D eigenvalue weighted by Crippen LogP contribution is -2.07. The number of hydrogen-bond acceptors (Lipinski definition) is 6. The number of carboxylic acid groups (broad SMARTS) is 1. The van der Waals surface area contributed by atoms with Crippen molar-refractivity contribution in [3.63, 3.8) is 0 Å². The largest absolute Gasteiger partial charge is 0.478 e. The SMILES string of the molecule is Cc1ccc(COc2cccc(-c3cc(F)c(Cc4nc5ccc(C(=O)O)cc5n4Cc4cncs4)cc3F)n2)c(F)c1. The van der Waals surface area contributed by atoms with Crippen LogP contribution in [0.4, 0.5) is 13.2 Å². The summed E-state index contributed by atoms with van der Waals surface area (Å²) in [5.74, 6) is -2.25. The van der Waals surface area contributed by atoms with E-state index < -0.39 is 23.4 Å². The van der Waals surface area contributed by atoms with Crippen molar-refractivity contribution >= 4 is 28.3 Å². The predicted molar refractivity (Wildman–Crippen MR) is 156 cm³/mol. The van der Waals surface area contributed by atoms with Gasteiger partial charge < -0.3 is 14.4 Å². The fourth-order valence-corrected chi connectivity index (χ4v) is 5.33. The first-order valence-electron chi connectivity index (χ1n) is 13.2. The second-order valence-corrected chi connectivity index (χ2v) is 10.9. The van der Waals surface area contributed by atoms with E-state index in [1.54, 1.807) is 53.5 Å². The number of benzene rings is 3. The van der Waals surface area contributed by atoms with Crippen LogP contribution in [0.5, 0.6) is 5.88 Å². The molecule has 11 heteroatoms. The second-order valence-electron chi connectivity index (χ2n) is 9.94. The van der Waals surface area contributed by atoms with Gasteiger partial charge in [-0.15, -0.1) is 11.3 Å². The molecule has 0 amide bonds. The number of aryl methyl sites for hydroxylation is 1. The lowest BCUT2D eigenvalue weighted by atomic mass is 10.0. The molecule has 0 unspecified atom stereocenters. The number of fused-ring (bicyclic) bond motifs is 1. The average Bonchev–Trinajstić information content (AvgIpc) is 3.62. The van der Waals surface area contributed by atoms with Crippen LogP contribution in [-0.2, 0) is 19.6 Å². The van der Waals surface area contributed by atoms with Crippen molar-refractivity contribution in [1.82, 2.24) is 19.5 Å². The molecule has 0 atom stereocenters. The van der Waals surface area contributed by atoms with Crippen molar-refractivity contribution < 1.29 is 27.8 Å². The van der Waals surface area contributed by atoms with Gasteiger partial charge in [0.25, 0.3) is 0 Å². The predicted octanol–water partition coefficient (Wildman–Crippen LogP) is 7.20. The van der Waals surface area contributed by atoms with E-state index in [1.807, 2.05) is 0 Å². The third-order valence-corrected chi connectivity index (χ3v) is 7.70. The number of carbonyl (C=O) groups is 1. The van der Waals surface area contributed by atoms with Gasteiger partial charge >= 0.3 is 5.97 Å². The first-order chi connectivity index (χ1) is 20.7. The number of aromatic carboxylic acids is 1. The molecule has 1 N–H and O–H groups in total. The van der Waals surface area contributed by atoms with Crippen molar-refractivity contribution in [2.75, 3.05) is 0 Å². The van der Waals surface area contributed by atoms with Crippen LogP contribution >= 0.6 is 11.3 Å². The number of ether oxygens (including phenoxy) is 1. The molecular weight excluding hydrogens is 577 g/mol. The molecule has 0 aliphatic rings. The van der Waals surface area contributed by atoms with Crippen LogP contribution in [0.15, 0.2) is 78.4 Å². The van der Waals surface area contributed by atoms with Crippen molar-refractivity contribution in [1.29, 1.82) is 0 Å². The van der Waals surface area contributed by atoms with Gasteiger partial charge in [-0.2, -0.15) is 0 Å². The van der Waals surface area contributed by atoms with Gasteiger partial charge in [0.1, 0.15) is 29.9 Å². The van der Waals surface area contributed by atoms with Crippen LogP contribution in [0.3, 0.4) is 0 Å². The summed E-state index contributed by atoms with van der Waals surface area (Å²) in [6.07, 6.45) is 1.65. The number of hydrogen-bond donors (Lipinski definition) is 1. The molecule has 6 rings (SSSR count). The van der Waals surface area contributed by atoms with Crippen molar-refractivity contribution in [2.24, 2.45) is 0 Å². The number of halogens is 3. The minimum absolute atomic E-state index is 0.0440. The minimum atomic E-state index is -1.08. The van der Waals surface area contributed by atoms with Crippen LogP contribution in [0, 0.1) is 24.4 Å². The zero-order chi connectivity index (χ0) is 30.1. The van der Waals surface area contributed by atoms with Crippen molar-refractivity contribution in [2.45, 2.75) is 26.5 Å². The van der Waals surface area contributed by atoms with Crippen LogP contribution in [0.2, 0.25) is 0 Å². The summed E-state index contributed by atoms with van der Waals surface area (Å²) in [5, 5.41) is 9.48. The summed E-state index contributed by atoms with van der Waals surface area (Å²) in [7, 11) is 0. The Balaban J connectivity index is 1.29. The Morgan fingerprint density at radius 2 is 1.79 bits per heavy atom. The van der Waals surface area contributed by atoms with Crippen LogP contribution < -0.4 is 4.74 Å². The molecule has 3 heterocycles. The third-order valence-electron chi connectivity index (χ3n) is 6.94. The van der Waals surface area contributed by atoms with E-state index in [4.69, 9.17) is 4.74 Å². The lowest BCUT2D eigenvalue weighted by Gasteiger charge is -2.12. The molecule has 6 aromatic rings. The monoisotopic (exact) mass is 600 g/mol. The highest BCUT2D eigenvalue weighted by Crippen LogP contribution is 2.29. The molecule has 7 nitrogen and oxygen atoms in total. The fourth-order valence-electron chi connectivity index (χ4n) is 4.75. The maximum absolute atomic E-state index is 15.5. The summed E-state index contributed by atoms with van der Waals surface area (Å²) in [6, 6.07) is 16.2. The molecule has 0 aliphatic heterocycles. The van der Waals surface area contributed by atoms with Gasteiger partial charge in [-0.3, -0.25) is 4.98 Å². The van der Waals surface area contributed by atoms with Gasteiger partial charge in [0.15, 0.2) is 0 Å². The number of imidazole rings is 1. The smallest absolute Gasteiger partial charge is 0.335 e. The Labute approximate surface area is 247 Å². The van der Waals surface area contributed by atoms with Gasteiger partial charge in [-0.25, -0.2) is 27.9 Å². The van der Waals surface area contributed by atoms with Crippen molar-refractivity contribution in [3.8, 4) is 17.1 Å². The number of aromatic nitrogens is 4. The number of carboxylic acids is 1. The standard InChI is InChI=1S/C32H23F3N4O3S/c1-18-5-6-20(24(33)9-18)16-42-31-4-2-3-27(38-31)23-13-25(34)21(10-26(23)35)12-30-37-28-8-7-19(32(40)41)11-29(28)39(30)15-22-14-36-17-43-22/h2-11,13-14,17H,12,15-16H2,1H3,(H,40,41). The number of nitrogens with zero attached hydrogens (tertiary/aromatic N) is 4. The summed E-state index contributed by atoms with van der Waals surface area (Å²) in [4.78, 5) is 25.5. The molecule has 0 fully saturated rings. The summed E-state index contributed by atoms with van der Waals surface area (Å²) in [6.45, 7) is 2.05. The number of pyridine rings is 1. The first-order valence-corrected chi connectivity index (χ1v) is 14.1. The second kappa shape index (κ2) is 11.7. The maximum Gasteiger partial charge on any atom is 0.335 e. The van der Waals surface area contributed by atoms with Gasteiger partial charge in [-0.05, 0) is 60.5 Å². The number of thiazole rings is 1. The molecule has 3 aromatic carbocycles. The molecule has 216 valence electrons. The molecule has 43 heavy (non-hydrogen) atoms. The van der Waals surface area contributed by atoms with Crippen molar-refractivity contribution in [3.05, 3.63) is 129 Å². The summed E-state index contributed by atoms with van der Waals surface area (Å²) < 4.78 is 52.6. The Morgan fingerprint density at radius 3 is 2.56 bits per heavy atom. The highest BCUT2D eigenvalue weighted by molar-refractivity contribution is 7.09. The molecular formula is C32H23F3N4O3S. The Bertz CT molecular complexity index is 1980. The maximum atomic E-state index is 15.5. The number of rotatable bonds is 9. The molecule has 3 aromatic heterocycles. The van der Waals surface area contributed by atoms with Gasteiger partial charge in [-0.1, -0.05) is 18.2 Å². The van der Waals surface area contributed by atoms with Crippen LogP contribution in [0.1, 0.15) is 37.7 Å². The van der Waals surface area contributed by atoms with E-state index in [0.717, 1.165) is 22.6 Å². The topological polar surface area (TPSA) is 90.1 Å². The van der Waals surface area contributed by atoms with E-state index in [0.29, 0.717) is 29.0 Å². The Kier molecular flexibility index (Phi) is 7.64. The molecule has 0 aliphatic carbocycles. The fraction of sp³-hybridized carbons (Fsp3) is 0.125. The molecule has 0 spiro atoms. The Hall–Kier alpha value is -5.03. The van der Waals surface area contributed by atoms with E-state index >= 15 is 8.78 Å². The van der Waals surface area contributed by atoms with Gasteiger partial charge in [0.05, 0.1) is 34.3 Å². The molecule has 0 saturated carbocycles. The van der Waals surface area contributed by atoms with E-state index in [9.17, 15) is 14.3 Å². The average molecular weight is 601 g/mol. The van der Waals surface area contributed by atoms with E-state index in [-0.39, 0.29) is 41.3 Å². The zero-order valence-electron chi connectivity index (χ0n) is 22.7. The highest BCUT2D eigenvalue weighted by Gasteiger charge is 2.19. The van der Waals surface area contributed by atoms with Gasteiger partial charge in [0, 0.05) is 34.7 Å². The molecule has 0 bridgehead atoms. The third kappa shape index (κ3) is 5.98. The quantitative estimate of drug-likeness (QED) is 0.189. The highest BCUT2D eigenvalue weighted by atomic mass is 32.1. The molecule has 0 radical (unpaired) electrons. The summed E-state index contributed by atoms with van der Waals surface area (Å²) >= 11 is 1.42.